The van der Waals surface area contributed by atoms with Gasteiger partial charge in [0.1, 0.15) is 18.1 Å². The van der Waals surface area contributed by atoms with Crippen LogP contribution in [0.2, 0.25) is 5.02 Å². The maximum atomic E-state index is 14.3. The molecule has 12 heteroatoms. The van der Waals surface area contributed by atoms with E-state index in [-0.39, 0.29) is 24.0 Å². The molecule has 0 N–H and O–H groups in total. The fourth-order valence-corrected chi connectivity index (χ4v) is 5.34. The molecule has 3 heterocycles. The predicted octanol–water partition coefficient (Wildman–Crippen LogP) is 5.71. The number of benzene rings is 1. The fraction of sp³-hybridized carbons (Fsp3) is 0.538. The Kier molecular flexibility index (Phi) is 7.99. The second-order valence-corrected chi connectivity index (χ2v) is 10.1. The lowest BCUT2D eigenvalue weighted by Gasteiger charge is -2.34. The molecule has 2 aromatic heterocycles. The molecule has 0 unspecified atom stereocenters. The summed E-state index contributed by atoms with van der Waals surface area (Å²) >= 11 is 6.70. The monoisotopic (exact) mass is 554 g/mol. The Balaban J connectivity index is 1.46. The Morgan fingerprint density at radius 2 is 1.92 bits per heavy atom. The number of methoxy groups -OCH3 is 1. The van der Waals surface area contributed by atoms with Crippen LogP contribution < -0.4 is 4.74 Å². The van der Waals surface area contributed by atoms with Crippen molar-refractivity contribution in [2.75, 3.05) is 46.6 Å². The van der Waals surface area contributed by atoms with Crippen LogP contribution in [0.5, 0.6) is 5.75 Å². The topological polar surface area (TPSA) is 74.8 Å². The van der Waals surface area contributed by atoms with Crippen LogP contribution in [0.25, 0.3) is 22.6 Å². The number of morpholine rings is 1. The molecule has 2 aliphatic rings. The van der Waals surface area contributed by atoms with Crippen LogP contribution in [0.4, 0.5) is 13.2 Å². The number of alkyl halides is 3. The molecule has 1 aromatic carbocycles. The number of rotatable bonds is 9. The molecular formula is C26H30ClF3N4O4. The number of hydrogen-bond acceptors (Lipinski definition) is 7. The first-order chi connectivity index (χ1) is 18.3. The summed E-state index contributed by atoms with van der Waals surface area (Å²) in [4.78, 5) is 2.24. The minimum Gasteiger partial charge on any atom is -0.491 e. The highest BCUT2D eigenvalue weighted by atomic mass is 35.5. The molecule has 0 spiro atoms. The van der Waals surface area contributed by atoms with E-state index >= 15 is 0 Å². The molecule has 0 bridgehead atoms. The first kappa shape index (κ1) is 27.0. The van der Waals surface area contributed by atoms with Gasteiger partial charge in [0.25, 0.3) is 0 Å². The molecule has 1 aliphatic carbocycles. The summed E-state index contributed by atoms with van der Waals surface area (Å²) in [6.45, 7) is 6.20. The third-order valence-corrected chi connectivity index (χ3v) is 7.46. The second-order valence-electron chi connectivity index (χ2n) is 9.77. The van der Waals surface area contributed by atoms with Crippen LogP contribution >= 0.6 is 11.6 Å². The van der Waals surface area contributed by atoms with Gasteiger partial charge in [-0.3, -0.25) is 9.58 Å². The molecular weight excluding hydrogens is 525 g/mol. The average Bonchev–Trinajstić information content (AvgIpc) is 3.48. The second kappa shape index (κ2) is 11.3. The van der Waals surface area contributed by atoms with Gasteiger partial charge in [-0.25, -0.2) is 0 Å². The Hall–Kier alpha value is -2.60. The van der Waals surface area contributed by atoms with Gasteiger partial charge in [0.05, 0.1) is 48.2 Å². The van der Waals surface area contributed by atoms with Crippen LogP contribution in [-0.2, 0) is 22.3 Å². The van der Waals surface area contributed by atoms with Gasteiger partial charge in [0.15, 0.2) is 11.5 Å². The highest BCUT2D eigenvalue weighted by molar-refractivity contribution is 6.34. The highest BCUT2D eigenvalue weighted by Gasteiger charge is 2.43. The normalized spacial score (nSPS) is 20.5. The Labute approximate surface area is 223 Å². The van der Waals surface area contributed by atoms with E-state index in [4.69, 9.17) is 30.3 Å². The zero-order valence-corrected chi connectivity index (χ0v) is 22.0. The van der Waals surface area contributed by atoms with Gasteiger partial charge in [0, 0.05) is 32.3 Å². The van der Waals surface area contributed by atoms with E-state index in [1.54, 1.807) is 18.2 Å². The number of aromatic nitrogens is 3. The van der Waals surface area contributed by atoms with Gasteiger partial charge in [-0.15, -0.1) is 0 Å². The molecule has 3 aromatic rings. The molecule has 8 nitrogen and oxygen atoms in total. The van der Waals surface area contributed by atoms with E-state index in [1.165, 1.54) is 13.3 Å². The van der Waals surface area contributed by atoms with Gasteiger partial charge in [-0.05, 0) is 24.8 Å². The van der Waals surface area contributed by atoms with Crippen molar-refractivity contribution < 1.29 is 31.9 Å². The van der Waals surface area contributed by atoms with Crippen LogP contribution in [0.1, 0.15) is 37.1 Å². The van der Waals surface area contributed by atoms with Gasteiger partial charge >= 0.3 is 6.18 Å². The molecule has 38 heavy (non-hydrogen) atoms. The fourth-order valence-electron chi connectivity index (χ4n) is 5.07. The number of nitrogens with zero attached hydrogens (tertiary/aromatic N) is 4. The molecule has 2 fully saturated rings. The van der Waals surface area contributed by atoms with Gasteiger partial charge in [-0.2, -0.15) is 18.3 Å². The highest BCUT2D eigenvalue weighted by Crippen LogP contribution is 2.46. The van der Waals surface area contributed by atoms with Crippen LogP contribution in [-0.4, -0.2) is 66.4 Å². The van der Waals surface area contributed by atoms with Crippen molar-refractivity contribution in [1.29, 1.82) is 0 Å². The molecule has 0 radical (unpaired) electrons. The standard InChI is InChI=1S/C26H30ClF3N4O4/c1-16-12-17(13-16)34-25(26(28,29)30)19(14-31-34)24-20(15-35-2)23(32-38-24)18-4-3-5-21(22(18)27)37-11-8-33-6-9-36-10-7-33/h3-5,14,16-17H,6-13,15H2,1-2H3/t16-,17+. The summed E-state index contributed by atoms with van der Waals surface area (Å²) < 4.78 is 66.1. The summed E-state index contributed by atoms with van der Waals surface area (Å²) in [5, 5.41) is 8.55. The Morgan fingerprint density at radius 1 is 1.16 bits per heavy atom. The third-order valence-electron chi connectivity index (χ3n) is 7.07. The molecule has 1 saturated carbocycles. The molecule has 1 aliphatic heterocycles. The summed E-state index contributed by atoms with van der Waals surface area (Å²) in [6.07, 6.45) is -2.15. The number of halogens is 4. The zero-order chi connectivity index (χ0) is 26.9. The van der Waals surface area contributed by atoms with Crippen molar-refractivity contribution in [1.82, 2.24) is 19.8 Å². The van der Waals surface area contributed by atoms with E-state index in [0.29, 0.717) is 66.2 Å². The van der Waals surface area contributed by atoms with Crippen molar-refractivity contribution in [3.63, 3.8) is 0 Å². The Morgan fingerprint density at radius 3 is 2.61 bits per heavy atom. The quantitative estimate of drug-likeness (QED) is 0.335. The van der Waals surface area contributed by atoms with E-state index < -0.39 is 11.9 Å². The molecule has 0 amide bonds. The minimum atomic E-state index is -4.63. The van der Waals surface area contributed by atoms with E-state index in [9.17, 15) is 13.2 Å². The van der Waals surface area contributed by atoms with Gasteiger partial charge in [0.2, 0.25) is 0 Å². The lowest BCUT2D eigenvalue weighted by molar-refractivity contribution is -0.145. The largest absolute Gasteiger partial charge is 0.491 e. The summed E-state index contributed by atoms with van der Waals surface area (Å²) in [7, 11) is 1.46. The van der Waals surface area contributed by atoms with Crippen molar-refractivity contribution in [2.45, 2.75) is 38.6 Å². The van der Waals surface area contributed by atoms with E-state index in [1.807, 2.05) is 6.92 Å². The van der Waals surface area contributed by atoms with Crippen LogP contribution in [0.3, 0.4) is 0 Å². The van der Waals surface area contributed by atoms with E-state index in [0.717, 1.165) is 24.3 Å². The molecule has 0 atom stereocenters. The van der Waals surface area contributed by atoms with Gasteiger partial charge < -0.3 is 18.7 Å². The Bertz CT molecular complexity index is 1250. The molecule has 1 saturated heterocycles. The zero-order valence-electron chi connectivity index (χ0n) is 21.3. The molecule has 5 rings (SSSR count). The van der Waals surface area contributed by atoms with Crippen molar-refractivity contribution in [3.8, 4) is 28.3 Å². The lowest BCUT2D eigenvalue weighted by Crippen LogP contribution is -2.38. The van der Waals surface area contributed by atoms with Gasteiger partial charge in [-0.1, -0.05) is 35.8 Å². The number of ether oxygens (including phenoxy) is 3. The smallest absolute Gasteiger partial charge is 0.433 e. The SMILES string of the molecule is COCc1c(-c2cccc(OCCN3CCOCC3)c2Cl)noc1-c1cnn([C@H]2C[C@@H](C)C2)c1C(F)(F)F. The maximum Gasteiger partial charge on any atom is 0.433 e. The number of hydrogen-bond donors (Lipinski definition) is 0. The maximum absolute atomic E-state index is 14.3. The van der Waals surface area contributed by atoms with Crippen molar-refractivity contribution >= 4 is 11.6 Å². The predicted molar refractivity (Wildman–Crippen MR) is 134 cm³/mol. The first-order valence-corrected chi connectivity index (χ1v) is 13.0. The third kappa shape index (κ3) is 5.42. The van der Waals surface area contributed by atoms with Crippen LogP contribution in [0.15, 0.2) is 28.9 Å². The molecule has 206 valence electrons. The summed E-state index contributed by atoms with van der Waals surface area (Å²) in [6, 6.07) is 4.92. The van der Waals surface area contributed by atoms with Crippen molar-refractivity contribution in [3.05, 3.63) is 40.7 Å². The first-order valence-electron chi connectivity index (χ1n) is 12.6. The average molecular weight is 555 g/mol. The van der Waals surface area contributed by atoms with E-state index in [2.05, 4.69) is 15.2 Å². The van der Waals surface area contributed by atoms with Crippen molar-refractivity contribution in [2.24, 2.45) is 5.92 Å². The summed E-state index contributed by atoms with van der Waals surface area (Å²) in [5.41, 5.74) is 0.111. The minimum absolute atomic E-state index is 0.0322. The summed E-state index contributed by atoms with van der Waals surface area (Å²) in [5.74, 6) is 0.774. The lowest BCUT2D eigenvalue weighted by atomic mass is 9.82. The van der Waals surface area contributed by atoms with Crippen LogP contribution in [0, 0.1) is 5.92 Å².